The quantitative estimate of drug-likeness (QED) is 0.670. The lowest BCUT2D eigenvalue weighted by Gasteiger charge is -2.07. The second-order valence-electron chi connectivity index (χ2n) is 4.58. The van der Waals surface area contributed by atoms with Crippen LogP contribution in [0.25, 0.3) is 0 Å². The molecule has 0 aliphatic heterocycles. The van der Waals surface area contributed by atoms with Gasteiger partial charge in [-0.15, -0.1) is 0 Å². The molecule has 0 unspecified atom stereocenters. The molecular formula is C15H11Cl2FN2O3. The number of halogens is 3. The molecule has 1 heterocycles. The van der Waals surface area contributed by atoms with Crippen LogP contribution in [0.15, 0.2) is 30.5 Å². The monoisotopic (exact) mass is 356 g/mol. The minimum atomic E-state index is -0.777. The maximum atomic E-state index is 13.4. The van der Waals surface area contributed by atoms with Crippen LogP contribution in [0.2, 0.25) is 10.2 Å². The van der Waals surface area contributed by atoms with Crippen LogP contribution in [0.1, 0.15) is 15.9 Å². The summed E-state index contributed by atoms with van der Waals surface area (Å²) in [5.74, 6) is -1.82. The van der Waals surface area contributed by atoms with Crippen molar-refractivity contribution in [2.45, 2.75) is 6.92 Å². The molecule has 0 saturated heterocycles. The first-order chi connectivity index (χ1) is 10.9. The molecule has 2 rings (SSSR count). The van der Waals surface area contributed by atoms with E-state index < -0.39 is 24.3 Å². The van der Waals surface area contributed by atoms with E-state index in [0.717, 1.165) is 0 Å². The molecular weight excluding hydrogens is 346 g/mol. The summed E-state index contributed by atoms with van der Waals surface area (Å²) in [5.41, 5.74) is 0.792. The van der Waals surface area contributed by atoms with Crippen molar-refractivity contribution < 1.29 is 18.7 Å². The number of aryl methyl sites for hydroxylation is 1. The van der Waals surface area contributed by atoms with E-state index in [-0.39, 0.29) is 21.4 Å². The van der Waals surface area contributed by atoms with Gasteiger partial charge in [0.2, 0.25) is 0 Å². The maximum Gasteiger partial charge on any atom is 0.340 e. The van der Waals surface area contributed by atoms with Gasteiger partial charge in [0.05, 0.1) is 10.6 Å². The molecule has 1 aromatic carbocycles. The topological polar surface area (TPSA) is 68.3 Å². The fourth-order valence-corrected chi connectivity index (χ4v) is 1.88. The largest absolute Gasteiger partial charge is 0.452 e. The van der Waals surface area contributed by atoms with Crippen molar-refractivity contribution in [2.24, 2.45) is 0 Å². The highest BCUT2D eigenvalue weighted by atomic mass is 35.5. The average Bonchev–Trinajstić information content (AvgIpc) is 2.51. The zero-order valence-corrected chi connectivity index (χ0v) is 13.4. The standard InChI is InChI=1S/C15H11Cl2FN2O3/c1-8-2-3-10(5-12(8)18)20-13(21)7-23-15(22)9-4-11(16)14(17)19-6-9/h2-6H,7H2,1H3,(H,20,21). The van der Waals surface area contributed by atoms with Crippen molar-refractivity contribution in [3.63, 3.8) is 0 Å². The van der Waals surface area contributed by atoms with Crippen LogP contribution < -0.4 is 5.32 Å². The number of amides is 1. The van der Waals surface area contributed by atoms with Crippen molar-refractivity contribution in [1.82, 2.24) is 4.98 Å². The van der Waals surface area contributed by atoms with Gasteiger partial charge in [-0.2, -0.15) is 0 Å². The third kappa shape index (κ3) is 4.64. The van der Waals surface area contributed by atoms with Gasteiger partial charge in [-0.25, -0.2) is 14.2 Å². The van der Waals surface area contributed by atoms with Gasteiger partial charge in [0.25, 0.3) is 5.91 Å². The fourth-order valence-electron chi connectivity index (χ4n) is 1.61. The van der Waals surface area contributed by atoms with E-state index in [1.165, 1.54) is 24.4 Å². The number of esters is 1. The Bertz CT molecular complexity index is 768. The van der Waals surface area contributed by atoms with E-state index in [0.29, 0.717) is 5.56 Å². The Labute approximate surface area is 141 Å². The second kappa shape index (κ2) is 7.39. The highest BCUT2D eigenvalue weighted by Gasteiger charge is 2.13. The zero-order chi connectivity index (χ0) is 17.0. The van der Waals surface area contributed by atoms with Crippen molar-refractivity contribution in [3.8, 4) is 0 Å². The molecule has 5 nitrogen and oxygen atoms in total. The molecule has 0 atom stereocenters. The van der Waals surface area contributed by atoms with Crippen LogP contribution in [0, 0.1) is 12.7 Å². The predicted octanol–water partition coefficient (Wildman–Crippen LogP) is 3.63. The summed E-state index contributed by atoms with van der Waals surface area (Å²) < 4.78 is 18.2. The third-order valence-corrected chi connectivity index (χ3v) is 3.51. The number of anilines is 1. The molecule has 8 heteroatoms. The summed E-state index contributed by atoms with van der Waals surface area (Å²) in [6, 6.07) is 5.53. The fraction of sp³-hybridized carbons (Fsp3) is 0.133. The number of pyridine rings is 1. The zero-order valence-electron chi connectivity index (χ0n) is 11.9. The van der Waals surface area contributed by atoms with Gasteiger partial charge in [0.1, 0.15) is 11.0 Å². The van der Waals surface area contributed by atoms with E-state index in [9.17, 15) is 14.0 Å². The summed E-state index contributed by atoms with van der Waals surface area (Å²) in [6.45, 7) is 1.07. The first-order valence-electron chi connectivity index (χ1n) is 6.41. The first-order valence-corrected chi connectivity index (χ1v) is 7.16. The van der Waals surface area contributed by atoms with Crippen LogP contribution in [0.5, 0.6) is 0 Å². The van der Waals surface area contributed by atoms with Gasteiger partial charge in [-0.3, -0.25) is 4.79 Å². The summed E-state index contributed by atoms with van der Waals surface area (Å²) >= 11 is 11.4. The van der Waals surface area contributed by atoms with Gasteiger partial charge in [0, 0.05) is 11.9 Å². The molecule has 23 heavy (non-hydrogen) atoms. The number of rotatable bonds is 4. The third-order valence-electron chi connectivity index (χ3n) is 2.82. The Kier molecular flexibility index (Phi) is 5.52. The molecule has 1 amide bonds. The highest BCUT2D eigenvalue weighted by molar-refractivity contribution is 6.41. The lowest BCUT2D eigenvalue weighted by atomic mass is 10.2. The molecule has 0 saturated carbocycles. The van der Waals surface area contributed by atoms with Crippen molar-refractivity contribution >= 4 is 40.8 Å². The van der Waals surface area contributed by atoms with Crippen molar-refractivity contribution in [2.75, 3.05) is 11.9 Å². The molecule has 0 aliphatic carbocycles. The highest BCUT2D eigenvalue weighted by Crippen LogP contribution is 2.20. The van der Waals surface area contributed by atoms with E-state index in [1.54, 1.807) is 13.0 Å². The minimum Gasteiger partial charge on any atom is -0.452 e. The minimum absolute atomic E-state index is 0.0577. The molecule has 1 aromatic heterocycles. The Morgan fingerprint density at radius 1 is 1.30 bits per heavy atom. The average molecular weight is 357 g/mol. The van der Waals surface area contributed by atoms with E-state index >= 15 is 0 Å². The van der Waals surface area contributed by atoms with Crippen LogP contribution in [0.4, 0.5) is 10.1 Å². The predicted molar refractivity (Wildman–Crippen MR) is 84.3 cm³/mol. The Morgan fingerprint density at radius 3 is 2.70 bits per heavy atom. The lowest BCUT2D eigenvalue weighted by Crippen LogP contribution is -2.21. The number of benzene rings is 1. The molecule has 0 spiro atoms. The first kappa shape index (κ1) is 17.2. The molecule has 1 N–H and O–H groups in total. The number of carbonyl (C=O) groups is 2. The smallest absolute Gasteiger partial charge is 0.340 e. The summed E-state index contributed by atoms with van der Waals surface area (Å²) in [6.07, 6.45) is 1.18. The number of ether oxygens (including phenoxy) is 1. The molecule has 0 radical (unpaired) electrons. The summed E-state index contributed by atoms with van der Waals surface area (Å²) in [4.78, 5) is 27.2. The molecule has 0 fully saturated rings. The van der Waals surface area contributed by atoms with Crippen LogP contribution >= 0.6 is 23.2 Å². The molecule has 120 valence electrons. The van der Waals surface area contributed by atoms with Crippen molar-refractivity contribution in [1.29, 1.82) is 0 Å². The molecule has 0 aliphatic rings. The van der Waals surface area contributed by atoms with Crippen LogP contribution in [0.3, 0.4) is 0 Å². The van der Waals surface area contributed by atoms with E-state index in [4.69, 9.17) is 27.9 Å². The number of aromatic nitrogens is 1. The van der Waals surface area contributed by atoms with Crippen LogP contribution in [-0.2, 0) is 9.53 Å². The van der Waals surface area contributed by atoms with Gasteiger partial charge in [0.15, 0.2) is 6.61 Å². The van der Waals surface area contributed by atoms with Gasteiger partial charge in [-0.05, 0) is 30.7 Å². The van der Waals surface area contributed by atoms with Gasteiger partial charge in [-0.1, -0.05) is 29.3 Å². The number of hydrogen-bond donors (Lipinski definition) is 1. The lowest BCUT2D eigenvalue weighted by molar-refractivity contribution is -0.119. The summed E-state index contributed by atoms with van der Waals surface area (Å²) in [7, 11) is 0. The van der Waals surface area contributed by atoms with Gasteiger partial charge < -0.3 is 10.1 Å². The van der Waals surface area contributed by atoms with E-state index in [2.05, 4.69) is 10.3 Å². The second-order valence-corrected chi connectivity index (χ2v) is 5.35. The Hall–Kier alpha value is -2.18. The summed E-state index contributed by atoms with van der Waals surface area (Å²) in [5, 5.41) is 2.57. The molecule has 2 aromatic rings. The van der Waals surface area contributed by atoms with Crippen molar-refractivity contribution in [3.05, 3.63) is 57.6 Å². The SMILES string of the molecule is Cc1ccc(NC(=O)COC(=O)c2cnc(Cl)c(Cl)c2)cc1F. The van der Waals surface area contributed by atoms with Crippen LogP contribution in [-0.4, -0.2) is 23.5 Å². The van der Waals surface area contributed by atoms with Gasteiger partial charge >= 0.3 is 5.97 Å². The Balaban J connectivity index is 1.91. The number of nitrogens with one attached hydrogen (secondary N) is 1. The molecule has 0 bridgehead atoms. The van der Waals surface area contributed by atoms with E-state index in [1.807, 2.05) is 0 Å². The number of hydrogen-bond acceptors (Lipinski definition) is 4. The Morgan fingerprint density at radius 2 is 2.04 bits per heavy atom. The number of nitrogens with zero attached hydrogens (tertiary/aromatic N) is 1. The maximum absolute atomic E-state index is 13.4. The normalized spacial score (nSPS) is 10.3. The number of carbonyl (C=O) groups excluding carboxylic acids is 2.